The first-order valence-electron chi connectivity index (χ1n) is 9.17. The minimum Gasteiger partial charge on any atom is -0.496 e. The molecule has 0 radical (unpaired) electrons. The van der Waals surface area contributed by atoms with Crippen LogP contribution in [-0.4, -0.2) is 29.9 Å². The minimum atomic E-state index is -0.0809. The topological polar surface area (TPSA) is 42.4 Å². The van der Waals surface area contributed by atoms with E-state index in [-0.39, 0.29) is 11.9 Å². The number of pyridine rings is 1. The number of likely N-dealkylation sites (N-methyl/N-ethyl adjacent to an activating group) is 1. The summed E-state index contributed by atoms with van der Waals surface area (Å²) in [7, 11) is 3.50. The van der Waals surface area contributed by atoms with E-state index in [1.54, 1.807) is 12.0 Å². The van der Waals surface area contributed by atoms with Gasteiger partial charge in [-0.2, -0.15) is 0 Å². The van der Waals surface area contributed by atoms with E-state index in [4.69, 9.17) is 4.74 Å². The number of methoxy groups -OCH3 is 1. The molecule has 3 rings (SSSR count). The van der Waals surface area contributed by atoms with Gasteiger partial charge in [-0.15, -0.1) is 0 Å². The fraction of sp³-hybridized carbons (Fsp3) is 0.304. The second kappa shape index (κ2) is 7.78. The third kappa shape index (κ3) is 3.65. The molecule has 0 aliphatic heterocycles. The van der Waals surface area contributed by atoms with Crippen LogP contribution in [0, 0.1) is 13.8 Å². The van der Waals surface area contributed by atoms with Crippen LogP contribution < -0.4 is 4.74 Å². The van der Waals surface area contributed by atoms with Gasteiger partial charge in [-0.3, -0.25) is 9.78 Å². The molecule has 0 aliphatic rings. The van der Waals surface area contributed by atoms with E-state index in [1.807, 2.05) is 63.4 Å². The van der Waals surface area contributed by atoms with E-state index in [9.17, 15) is 4.79 Å². The van der Waals surface area contributed by atoms with Crippen molar-refractivity contribution in [2.75, 3.05) is 14.2 Å². The first-order chi connectivity index (χ1) is 12.9. The molecule has 1 amide bonds. The van der Waals surface area contributed by atoms with Crippen molar-refractivity contribution in [3.8, 4) is 5.75 Å². The number of ether oxygens (including phenoxy) is 1. The quantitative estimate of drug-likeness (QED) is 0.665. The molecule has 0 fully saturated rings. The Kier molecular flexibility index (Phi) is 5.45. The maximum atomic E-state index is 13.0. The van der Waals surface area contributed by atoms with E-state index in [0.717, 1.165) is 39.0 Å². The summed E-state index contributed by atoms with van der Waals surface area (Å²) in [6, 6.07) is 15.8. The van der Waals surface area contributed by atoms with Crippen LogP contribution in [0.3, 0.4) is 0 Å². The van der Waals surface area contributed by atoms with Crippen LogP contribution in [0.5, 0.6) is 5.75 Å². The molecule has 0 saturated carbocycles. The molecule has 27 heavy (non-hydrogen) atoms. The third-order valence-corrected chi connectivity index (χ3v) is 5.38. The number of carbonyl (C=O) groups is 1. The number of fused-ring (bicyclic) bond motifs is 1. The minimum absolute atomic E-state index is 0.0664. The summed E-state index contributed by atoms with van der Waals surface area (Å²) in [6.45, 7) is 6.07. The highest BCUT2D eigenvalue weighted by atomic mass is 16.5. The van der Waals surface area contributed by atoms with Crippen molar-refractivity contribution in [2.24, 2.45) is 0 Å². The summed E-state index contributed by atoms with van der Waals surface area (Å²) in [5.41, 5.74) is 5.03. The highest BCUT2D eigenvalue weighted by molar-refractivity contribution is 5.86. The number of aryl methyl sites for hydroxylation is 2. The molecule has 0 spiro atoms. The number of aromatic nitrogens is 1. The number of para-hydroxylation sites is 2. The Bertz CT molecular complexity index is 981. The van der Waals surface area contributed by atoms with Crippen molar-refractivity contribution in [1.82, 2.24) is 9.88 Å². The summed E-state index contributed by atoms with van der Waals surface area (Å²) in [5.74, 6) is 0.862. The predicted octanol–water partition coefficient (Wildman–Crippen LogP) is 4.62. The average molecular weight is 362 g/mol. The van der Waals surface area contributed by atoms with Crippen LogP contribution in [0.1, 0.15) is 35.3 Å². The Morgan fingerprint density at radius 1 is 1.11 bits per heavy atom. The third-order valence-electron chi connectivity index (χ3n) is 5.38. The average Bonchev–Trinajstić information content (AvgIpc) is 2.69. The number of nitrogens with zero attached hydrogens (tertiary/aromatic N) is 2. The van der Waals surface area contributed by atoms with Crippen LogP contribution in [0.25, 0.3) is 10.9 Å². The van der Waals surface area contributed by atoms with E-state index >= 15 is 0 Å². The molecule has 1 atom stereocenters. The smallest absolute Gasteiger partial charge is 0.227 e. The number of carbonyl (C=O) groups excluding carboxylic acids is 1. The van der Waals surface area contributed by atoms with Gasteiger partial charge in [-0.25, -0.2) is 0 Å². The fourth-order valence-corrected chi connectivity index (χ4v) is 3.54. The van der Waals surface area contributed by atoms with E-state index < -0.39 is 0 Å². The summed E-state index contributed by atoms with van der Waals surface area (Å²) >= 11 is 0. The number of benzene rings is 2. The van der Waals surface area contributed by atoms with Crippen molar-refractivity contribution >= 4 is 16.8 Å². The highest BCUT2D eigenvalue weighted by Crippen LogP contribution is 2.29. The van der Waals surface area contributed by atoms with Crippen molar-refractivity contribution in [3.05, 3.63) is 70.9 Å². The zero-order valence-electron chi connectivity index (χ0n) is 16.6. The van der Waals surface area contributed by atoms with Crippen molar-refractivity contribution in [2.45, 2.75) is 33.2 Å². The fourth-order valence-electron chi connectivity index (χ4n) is 3.54. The Hall–Kier alpha value is -2.88. The summed E-state index contributed by atoms with van der Waals surface area (Å²) in [6.07, 6.45) is 0.339. The van der Waals surface area contributed by atoms with Gasteiger partial charge in [0.1, 0.15) is 5.75 Å². The molecule has 1 unspecified atom stereocenters. The molecule has 4 heteroatoms. The molecule has 3 aromatic rings. The summed E-state index contributed by atoms with van der Waals surface area (Å²) in [4.78, 5) is 19.5. The van der Waals surface area contributed by atoms with E-state index in [1.165, 1.54) is 0 Å². The van der Waals surface area contributed by atoms with Gasteiger partial charge < -0.3 is 9.64 Å². The Balaban J connectivity index is 1.88. The molecule has 0 aliphatic carbocycles. The second-order valence-corrected chi connectivity index (χ2v) is 6.92. The van der Waals surface area contributed by atoms with Crippen molar-refractivity contribution < 1.29 is 9.53 Å². The van der Waals surface area contributed by atoms with Crippen LogP contribution in [0.4, 0.5) is 0 Å². The van der Waals surface area contributed by atoms with Gasteiger partial charge in [0.15, 0.2) is 0 Å². The monoisotopic (exact) mass is 362 g/mol. The van der Waals surface area contributed by atoms with Gasteiger partial charge in [0.25, 0.3) is 0 Å². The van der Waals surface area contributed by atoms with Crippen LogP contribution in [0.15, 0.2) is 48.5 Å². The van der Waals surface area contributed by atoms with Gasteiger partial charge in [-0.1, -0.05) is 36.4 Å². The zero-order chi connectivity index (χ0) is 19.6. The highest BCUT2D eigenvalue weighted by Gasteiger charge is 2.22. The molecule has 0 saturated heterocycles. The maximum Gasteiger partial charge on any atom is 0.227 e. The molecule has 1 aromatic heterocycles. The number of amides is 1. The largest absolute Gasteiger partial charge is 0.496 e. The molecule has 140 valence electrons. The molecule has 2 aromatic carbocycles. The Labute approximate surface area is 160 Å². The van der Waals surface area contributed by atoms with E-state index in [0.29, 0.717) is 6.42 Å². The Morgan fingerprint density at radius 3 is 2.52 bits per heavy atom. The summed E-state index contributed by atoms with van der Waals surface area (Å²) in [5, 5.41) is 1.10. The lowest BCUT2D eigenvalue weighted by atomic mass is 9.98. The van der Waals surface area contributed by atoms with Gasteiger partial charge in [0.2, 0.25) is 5.91 Å². The molecular weight excluding hydrogens is 336 g/mol. The normalized spacial score (nSPS) is 12.0. The first kappa shape index (κ1) is 18.9. The summed E-state index contributed by atoms with van der Waals surface area (Å²) < 4.78 is 5.45. The molecular formula is C23H26N2O2. The lowest BCUT2D eigenvalue weighted by Gasteiger charge is -2.27. The molecule has 0 N–H and O–H groups in total. The van der Waals surface area contributed by atoms with Crippen molar-refractivity contribution in [3.63, 3.8) is 0 Å². The van der Waals surface area contributed by atoms with Crippen LogP contribution in [0.2, 0.25) is 0 Å². The molecule has 0 bridgehead atoms. The SMILES string of the molecule is COc1ccccc1C(C)N(C)C(=O)Cc1c(C)nc2ccccc2c1C. The number of rotatable bonds is 5. The van der Waals surface area contributed by atoms with Crippen LogP contribution in [-0.2, 0) is 11.2 Å². The second-order valence-electron chi connectivity index (χ2n) is 6.92. The van der Waals surface area contributed by atoms with Gasteiger partial charge in [0, 0.05) is 23.7 Å². The van der Waals surface area contributed by atoms with E-state index in [2.05, 4.69) is 18.0 Å². The zero-order valence-corrected chi connectivity index (χ0v) is 16.6. The number of hydrogen-bond acceptors (Lipinski definition) is 3. The predicted molar refractivity (Wildman–Crippen MR) is 109 cm³/mol. The molecule has 1 heterocycles. The number of hydrogen-bond donors (Lipinski definition) is 0. The van der Waals surface area contributed by atoms with Crippen molar-refractivity contribution in [1.29, 1.82) is 0 Å². The molecule has 4 nitrogen and oxygen atoms in total. The first-order valence-corrected chi connectivity index (χ1v) is 9.17. The lowest BCUT2D eigenvalue weighted by molar-refractivity contribution is -0.131. The Morgan fingerprint density at radius 2 is 1.78 bits per heavy atom. The van der Waals surface area contributed by atoms with Gasteiger partial charge in [0.05, 0.1) is 25.1 Å². The lowest BCUT2D eigenvalue weighted by Crippen LogP contribution is -2.31. The standard InChI is InChI=1S/C23H26N2O2/c1-15-18-10-6-8-12-21(18)24-16(2)20(15)14-23(26)25(4)17(3)19-11-7-9-13-22(19)27-5/h6-13,17H,14H2,1-5H3. The van der Waals surface area contributed by atoms with Gasteiger partial charge in [-0.05, 0) is 44.0 Å². The maximum absolute atomic E-state index is 13.0. The van der Waals surface area contributed by atoms with Crippen LogP contribution >= 0.6 is 0 Å². The van der Waals surface area contributed by atoms with Gasteiger partial charge >= 0.3 is 0 Å².